The highest BCUT2D eigenvalue weighted by molar-refractivity contribution is 8.23. The zero-order chi connectivity index (χ0) is 21.4. The standard InChI is InChI=1S/C24H23N3O2S2/c28-22(25-20-9-8-17-4-1-2-5-18(17)11-20)15-31-24(30)26-12-16-10-19(14-26)21-6-3-7-23(29)27(21)13-16/h1-9,11,16,19H,10,12-15H2,(H,25,28)/t16-,19-/m0/s1. The van der Waals surface area contributed by atoms with E-state index in [-0.39, 0.29) is 17.2 Å². The molecule has 0 radical (unpaired) electrons. The van der Waals surface area contributed by atoms with Gasteiger partial charge in [0.1, 0.15) is 4.32 Å². The Kier molecular flexibility index (Phi) is 5.54. The molecule has 2 atom stereocenters. The summed E-state index contributed by atoms with van der Waals surface area (Å²) in [6.07, 6.45) is 1.09. The topological polar surface area (TPSA) is 54.3 Å². The first-order valence-corrected chi connectivity index (χ1v) is 11.9. The second kappa shape index (κ2) is 8.48. The maximum absolute atomic E-state index is 12.5. The maximum Gasteiger partial charge on any atom is 0.250 e. The van der Waals surface area contributed by atoms with Gasteiger partial charge in [-0.2, -0.15) is 0 Å². The predicted molar refractivity (Wildman–Crippen MR) is 131 cm³/mol. The molecular formula is C24H23N3O2S2. The number of thiocarbonyl (C=S) groups is 1. The summed E-state index contributed by atoms with van der Waals surface area (Å²) in [6, 6.07) is 19.5. The Morgan fingerprint density at radius 2 is 1.87 bits per heavy atom. The van der Waals surface area contributed by atoms with Gasteiger partial charge in [0.05, 0.1) is 5.75 Å². The molecule has 0 unspecified atom stereocenters. The molecular weight excluding hydrogens is 426 g/mol. The Bertz CT molecular complexity index is 1220. The minimum absolute atomic E-state index is 0.0586. The highest BCUT2D eigenvalue weighted by Crippen LogP contribution is 2.36. The van der Waals surface area contributed by atoms with Crippen LogP contribution in [0.1, 0.15) is 18.0 Å². The fourth-order valence-corrected chi connectivity index (χ4v) is 5.71. The number of benzene rings is 2. The number of fused-ring (bicyclic) bond motifs is 5. The lowest BCUT2D eigenvalue weighted by Gasteiger charge is -2.43. The van der Waals surface area contributed by atoms with Crippen LogP contribution in [-0.2, 0) is 11.3 Å². The number of hydrogen-bond acceptors (Lipinski definition) is 4. The molecule has 2 aromatic carbocycles. The van der Waals surface area contributed by atoms with Crippen LogP contribution >= 0.6 is 24.0 Å². The van der Waals surface area contributed by atoms with E-state index in [1.165, 1.54) is 11.8 Å². The Hall–Kier alpha value is -2.64. The molecule has 1 aromatic heterocycles. The Morgan fingerprint density at radius 1 is 1.03 bits per heavy atom. The Morgan fingerprint density at radius 3 is 2.74 bits per heavy atom. The number of nitrogens with zero attached hydrogens (tertiary/aromatic N) is 2. The molecule has 7 heteroatoms. The molecule has 2 bridgehead atoms. The number of carbonyl (C=O) groups is 1. The van der Waals surface area contributed by atoms with E-state index in [9.17, 15) is 9.59 Å². The second-order valence-electron chi connectivity index (χ2n) is 8.27. The van der Waals surface area contributed by atoms with Gasteiger partial charge >= 0.3 is 0 Å². The van der Waals surface area contributed by atoms with Crippen molar-refractivity contribution in [3.05, 3.63) is 76.7 Å². The summed E-state index contributed by atoms with van der Waals surface area (Å²) in [6.45, 7) is 2.39. The molecule has 1 saturated heterocycles. The molecule has 0 saturated carbocycles. The number of thioether (sulfide) groups is 1. The zero-order valence-corrected chi connectivity index (χ0v) is 18.6. The van der Waals surface area contributed by atoms with Crippen molar-refractivity contribution in [3.8, 4) is 0 Å². The van der Waals surface area contributed by atoms with E-state index < -0.39 is 0 Å². The van der Waals surface area contributed by atoms with E-state index in [1.807, 2.05) is 47.0 Å². The highest BCUT2D eigenvalue weighted by Gasteiger charge is 2.35. The lowest BCUT2D eigenvalue weighted by Crippen LogP contribution is -2.48. The molecule has 3 aromatic rings. The normalized spacial score (nSPS) is 19.7. The van der Waals surface area contributed by atoms with Crippen LogP contribution in [0.3, 0.4) is 0 Å². The summed E-state index contributed by atoms with van der Waals surface area (Å²) in [4.78, 5) is 26.9. The molecule has 2 aliphatic rings. The Labute approximate surface area is 190 Å². The van der Waals surface area contributed by atoms with Crippen molar-refractivity contribution < 1.29 is 4.79 Å². The summed E-state index contributed by atoms with van der Waals surface area (Å²) in [5, 5.41) is 5.22. The molecule has 158 valence electrons. The number of nitrogens with one attached hydrogen (secondary N) is 1. The smallest absolute Gasteiger partial charge is 0.250 e. The summed E-state index contributed by atoms with van der Waals surface area (Å²) in [7, 11) is 0. The van der Waals surface area contributed by atoms with Crippen LogP contribution in [0.4, 0.5) is 5.69 Å². The molecule has 1 fully saturated rings. The molecule has 1 amide bonds. The van der Waals surface area contributed by atoms with E-state index in [4.69, 9.17) is 12.2 Å². The molecule has 0 spiro atoms. The maximum atomic E-state index is 12.5. The van der Waals surface area contributed by atoms with Gasteiger partial charge < -0.3 is 14.8 Å². The fraction of sp³-hybridized carbons (Fsp3) is 0.292. The minimum Gasteiger partial charge on any atom is -0.356 e. The van der Waals surface area contributed by atoms with E-state index in [2.05, 4.69) is 22.3 Å². The third-order valence-corrected chi connectivity index (χ3v) is 7.62. The van der Waals surface area contributed by atoms with E-state index in [0.717, 1.165) is 52.5 Å². The number of amides is 1. The summed E-state index contributed by atoms with van der Waals surface area (Å²) < 4.78 is 2.68. The summed E-state index contributed by atoms with van der Waals surface area (Å²) >= 11 is 7.08. The van der Waals surface area contributed by atoms with Gasteiger partial charge in [-0.1, -0.05) is 60.4 Å². The molecule has 3 heterocycles. The van der Waals surface area contributed by atoms with Crippen LogP contribution < -0.4 is 10.9 Å². The van der Waals surface area contributed by atoms with Crippen LogP contribution in [0.2, 0.25) is 0 Å². The number of pyridine rings is 1. The molecule has 31 heavy (non-hydrogen) atoms. The number of rotatable bonds is 3. The fourth-order valence-electron chi connectivity index (χ4n) is 4.73. The average molecular weight is 450 g/mol. The van der Waals surface area contributed by atoms with Crippen molar-refractivity contribution in [1.82, 2.24) is 9.47 Å². The first-order chi connectivity index (χ1) is 15.1. The van der Waals surface area contributed by atoms with E-state index >= 15 is 0 Å². The van der Waals surface area contributed by atoms with Crippen LogP contribution in [0.15, 0.2) is 65.5 Å². The SMILES string of the molecule is O=C(CSC(=S)N1C[C@@H]2C[C@@H](C1)c1cccc(=O)n1C2)Nc1ccc2ccccc2c1. The zero-order valence-electron chi connectivity index (χ0n) is 17.0. The van der Waals surface area contributed by atoms with Crippen molar-refractivity contribution in [2.24, 2.45) is 5.92 Å². The van der Waals surface area contributed by atoms with Crippen LogP contribution in [0.25, 0.3) is 10.8 Å². The molecule has 2 aliphatic heterocycles. The van der Waals surface area contributed by atoms with E-state index in [1.54, 1.807) is 6.07 Å². The predicted octanol–water partition coefficient (Wildman–Crippen LogP) is 4.08. The van der Waals surface area contributed by atoms with Gasteiger partial charge in [-0.25, -0.2) is 0 Å². The number of likely N-dealkylation sites (tertiary alicyclic amines) is 1. The van der Waals surface area contributed by atoms with Crippen molar-refractivity contribution in [1.29, 1.82) is 0 Å². The summed E-state index contributed by atoms with van der Waals surface area (Å²) in [5.41, 5.74) is 1.99. The minimum atomic E-state index is -0.0586. The third kappa shape index (κ3) is 4.25. The quantitative estimate of drug-likeness (QED) is 0.611. The van der Waals surface area contributed by atoms with Gasteiger partial charge in [0.15, 0.2) is 0 Å². The van der Waals surface area contributed by atoms with Gasteiger partial charge in [-0.3, -0.25) is 9.59 Å². The lowest BCUT2D eigenvalue weighted by atomic mass is 9.83. The van der Waals surface area contributed by atoms with Gasteiger partial charge in [0.25, 0.3) is 5.56 Å². The second-order valence-corrected chi connectivity index (χ2v) is 9.88. The third-order valence-electron chi connectivity index (χ3n) is 6.10. The number of hydrogen-bond donors (Lipinski definition) is 1. The molecule has 5 nitrogen and oxygen atoms in total. The van der Waals surface area contributed by atoms with Gasteiger partial charge in [-0.15, -0.1) is 0 Å². The van der Waals surface area contributed by atoms with Crippen LogP contribution in [-0.4, -0.2) is 38.5 Å². The number of anilines is 1. The molecule has 0 aliphatic carbocycles. The van der Waals surface area contributed by atoms with Crippen molar-refractivity contribution in [2.45, 2.75) is 18.9 Å². The van der Waals surface area contributed by atoms with Crippen molar-refractivity contribution in [2.75, 3.05) is 24.2 Å². The molecule has 1 N–H and O–H groups in total. The van der Waals surface area contributed by atoms with Gasteiger partial charge in [0, 0.05) is 43.0 Å². The highest BCUT2D eigenvalue weighted by atomic mass is 32.2. The van der Waals surface area contributed by atoms with Crippen LogP contribution in [0.5, 0.6) is 0 Å². The largest absolute Gasteiger partial charge is 0.356 e. The first kappa shape index (κ1) is 20.3. The number of piperidine rings is 1. The lowest BCUT2D eigenvalue weighted by molar-refractivity contribution is -0.113. The van der Waals surface area contributed by atoms with Gasteiger partial charge in [-0.05, 0) is 41.3 Å². The monoisotopic (exact) mass is 449 g/mol. The van der Waals surface area contributed by atoms with E-state index in [0.29, 0.717) is 11.8 Å². The van der Waals surface area contributed by atoms with Crippen LogP contribution in [0, 0.1) is 5.92 Å². The van der Waals surface area contributed by atoms with Gasteiger partial charge in [0.2, 0.25) is 5.91 Å². The molecule has 5 rings (SSSR count). The first-order valence-electron chi connectivity index (χ1n) is 10.5. The summed E-state index contributed by atoms with van der Waals surface area (Å²) in [5.74, 6) is 0.951. The number of carbonyl (C=O) groups excluding carboxylic acids is 1. The Balaban J connectivity index is 1.19. The van der Waals surface area contributed by atoms with Crippen molar-refractivity contribution >= 4 is 50.7 Å². The average Bonchev–Trinajstić information content (AvgIpc) is 2.78. The van der Waals surface area contributed by atoms with Crippen molar-refractivity contribution in [3.63, 3.8) is 0 Å². The number of aromatic nitrogens is 1.